The predicted molar refractivity (Wildman–Crippen MR) is 159 cm³/mol. The number of aromatic nitrogens is 1. The Morgan fingerprint density at radius 2 is 1.85 bits per heavy atom. The van der Waals surface area contributed by atoms with Gasteiger partial charge in [-0.1, -0.05) is 36.1 Å². The lowest BCUT2D eigenvalue weighted by Crippen LogP contribution is -2.49. The fraction of sp³-hybridized carbons (Fsp3) is 0.407. The molecule has 0 N–H and O–H groups in total. The van der Waals surface area contributed by atoms with Crippen LogP contribution < -0.4 is 15.4 Å². The van der Waals surface area contributed by atoms with Gasteiger partial charge in [-0.2, -0.15) is 5.26 Å². The fourth-order valence-electron chi connectivity index (χ4n) is 5.55. The van der Waals surface area contributed by atoms with Gasteiger partial charge in [0.15, 0.2) is 9.84 Å². The van der Waals surface area contributed by atoms with Crippen molar-refractivity contribution < 1.29 is 17.6 Å². The van der Waals surface area contributed by atoms with Crippen molar-refractivity contribution in [3.05, 3.63) is 62.0 Å². The number of anilines is 2. The minimum absolute atomic E-state index is 0.000734. The molecular weight excluding hydrogens is 574 g/mol. The number of hydrogen-bond donors (Lipinski definition) is 0. The topological polar surface area (TPSA) is 107 Å². The molecule has 1 unspecified atom stereocenters. The van der Waals surface area contributed by atoms with Gasteiger partial charge >= 0.3 is 0 Å². The van der Waals surface area contributed by atoms with Crippen molar-refractivity contribution in [3.8, 4) is 6.07 Å². The fourth-order valence-corrected chi connectivity index (χ4v) is 8.63. The van der Waals surface area contributed by atoms with E-state index < -0.39 is 21.4 Å². The molecule has 4 heterocycles. The van der Waals surface area contributed by atoms with Gasteiger partial charge in [0.25, 0.3) is 11.5 Å². The lowest BCUT2D eigenvalue weighted by Gasteiger charge is -2.39. The van der Waals surface area contributed by atoms with Crippen molar-refractivity contribution in [1.29, 1.82) is 5.26 Å². The number of pyridine rings is 1. The van der Waals surface area contributed by atoms with Gasteiger partial charge in [-0.05, 0) is 44.0 Å². The number of nitrogens with zero attached hydrogens (tertiary/aromatic N) is 5. The molecule has 0 aliphatic carbocycles. The minimum atomic E-state index is -3.22. The van der Waals surface area contributed by atoms with Gasteiger partial charge < -0.3 is 9.80 Å². The second kappa shape index (κ2) is 11.0. The van der Waals surface area contributed by atoms with Crippen LogP contribution in [0.15, 0.2) is 34.0 Å². The summed E-state index contributed by atoms with van der Waals surface area (Å²) >= 11 is 6.57. The van der Waals surface area contributed by atoms with E-state index in [-0.39, 0.29) is 28.8 Å². The molecule has 40 heavy (non-hydrogen) atoms. The Balaban J connectivity index is 1.54. The van der Waals surface area contributed by atoms with E-state index in [4.69, 9.17) is 12.2 Å². The average Bonchev–Trinajstić information content (AvgIpc) is 3.42. The molecule has 1 aromatic carbocycles. The Morgan fingerprint density at radius 3 is 2.45 bits per heavy atom. The molecule has 1 atom stereocenters. The monoisotopic (exact) mass is 601 g/mol. The molecule has 0 radical (unpaired) electrons. The zero-order valence-electron chi connectivity index (χ0n) is 22.1. The summed E-state index contributed by atoms with van der Waals surface area (Å²) < 4.78 is 40.4. The number of sulfone groups is 1. The SMILES string of the molecule is CCn1c(N2CCN(c3ccccc3F)CC2)c(/C=C2/SC(=S)N(C3CCS(=O)(=O)C3)C2=O)c(C)c(C#N)c1=O. The number of nitriles is 1. The second-order valence-electron chi connectivity index (χ2n) is 9.93. The van der Waals surface area contributed by atoms with Crippen molar-refractivity contribution in [3.63, 3.8) is 0 Å². The molecule has 0 bridgehead atoms. The summed E-state index contributed by atoms with van der Waals surface area (Å²) in [6.07, 6.45) is 2.00. The number of thiocarbonyl (C=S) groups is 1. The molecule has 3 aliphatic heterocycles. The van der Waals surface area contributed by atoms with E-state index in [1.165, 1.54) is 11.0 Å². The number of rotatable bonds is 5. The number of thioether (sulfide) groups is 1. The highest BCUT2D eigenvalue weighted by molar-refractivity contribution is 8.26. The summed E-state index contributed by atoms with van der Waals surface area (Å²) in [6.45, 7) is 5.81. The molecule has 13 heteroatoms. The third-order valence-electron chi connectivity index (χ3n) is 7.61. The summed E-state index contributed by atoms with van der Waals surface area (Å²) in [6, 6.07) is 8.12. The van der Waals surface area contributed by atoms with Crippen LogP contribution in [0.1, 0.15) is 30.0 Å². The van der Waals surface area contributed by atoms with Crippen LogP contribution in [-0.2, 0) is 21.2 Å². The molecule has 1 amide bonds. The van der Waals surface area contributed by atoms with Crippen molar-refractivity contribution >= 4 is 61.6 Å². The normalized spacial score (nSPS) is 21.9. The number of piperazine rings is 1. The molecule has 1 aromatic heterocycles. The van der Waals surface area contributed by atoms with Crippen LogP contribution in [0.3, 0.4) is 0 Å². The first-order valence-corrected chi connectivity index (χ1v) is 16.0. The van der Waals surface area contributed by atoms with Gasteiger partial charge in [-0.15, -0.1) is 0 Å². The third kappa shape index (κ3) is 5.04. The molecule has 5 rings (SSSR count). The first-order chi connectivity index (χ1) is 19.1. The van der Waals surface area contributed by atoms with Gasteiger partial charge in [-0.3, -0.25) is 19.1 Å². The van der Waals surface area contributed by atoms with Gasteiger partial charge in [0.05, 0.1) is 28.1 Å². The standard InChI is InChI=1S/C27H28FN5O4S3/c1-3-32-24(31-11-9-30(10-12-31)22-7-5-4-6-21(22)28)19(17(2)20(15-29)25(32)34)14-23-26(35)33(27(38)39-23)18-8-13-40(36,37)16-18/h4-7,14,18H,3,8-13,16H2,1-2H3/b23-14+. The van der Waals surface area contributed by atoms with Crippen molar-refractivity contribution in [1.82, 2.24) is 9.47 Å². The number of para-hydroxylation sites is 1. The molecular formula is C27H28FN5O4S3. The average molecular weight is 602 g/mol. The number of benzene rings is 1. The van der Waals surface area contributed by atoms with E-state index in [0.29, 0.717) is 71.0 Å². The molecule has 2 aromatic rings. The highest BCUT2D eigenvalue weighted by Gasteiger charge is 2.42. The van der Waals surface area contributed by atoms with Crippen molar-refractivity contribution in [2.45, 2.75) is 32.9 Å². The third-order valence-corrected chi connectivity index (χ3v) is 10.7. The van der Waals surface area contributed by atoms with Crippen molar-refractivity contribution in [2.75, 3.05) is 47.5 Å². The van der Waals surface area contributed by atoms with E-state index >= 15 is 0 Å². The number of amides is 1. The number of halogens is 1. The molecule has 210 valence electrons. The van der Waals surface area contributed by atoms with Crippen LogP contribution in [0, 0.1) is 24.1 Å². The van der Waals surface area contributed by atoms with Crippen LogP contribution in [0.5, 0.6) is 0 Å². The Morgan fingerprint density at radius 1 is 1.18 bits per heavy atom. The second-order valence-corrected chi connectivity index (χ2v) is 13.8. The summed E-state index contributed by atoms with van der Waals surface area (Å²) in [5.74, 6) is -0.190. The van der Waals surface area contributed by atoms with Gasteiger partial charge in [-0.25, -0.2) is 12.8 Å². The Hall–Kier alpha value is -3.21. The largest absolute Gasteiger partial charge is 0.366 e. The number of carbonyl (C=O) groups is 1. The smallest absolute Gasteiger partial charge is 0.270 e. The Kier molecular flexibility index (Phi) is 7.78. The molecule has 0 spiro atoms. The summed E-state index contributed by atoms with van der Waals surface area (Å²) in [5, 5.41) is 9.82. The molecule has 9 nitrogen and oxygen atoms in total. The first kappa shape index (κ1) is 28.3. The number of carbonyl (C=O) groups excluding carboxylic acids is 1. The van der Waals surface area contributed by atoms with Crippen LogP contribution in [-0.4, -0.2) is 71.8 Å². The zero-order chi connectivity index (χ0) is 28.8. The molecule has 0 saturated carbocycles. The molecule has 3 fully saturated rings. The summed E-state index contributed by atoms with van der Waals surface area (Å²) in [4.78, 5) is 32.5. The lowest BCUT2D eigenvalue weighted by molar-refractivity contribution is -0.123. The Bertz CT molecular complexity index is 1640. The van der Waals surface area contributed by atoms with E-state index in [2.05, 4.69) is 0 Å². The van der Waals surface area contributed by atoms with Crippen LogP contribution in [0.4, 0.5) is 15.9 Å². The zero-order valence-corrected chi connectivity index (χ0v) is 24.5. The van der Waals surface area contributed by atoms with Crippen molar-refractivity contribution in [2.24, 2.45) is 0 Å². The molecule has 3 saturated heterocycles. The van der Waals surface area contributed by atoms with Crippen LogP contribution in [0.2, 0.25) is 0 Å². The summed E-state index contributed by atoms with van der Waals surface area (Å²) in [5.41, 5.74) is 1.13. The number of hydrogen-bond acceptors (Lipinski definition) is 9. The van der Waals surface area contributed by atoms with E-state index in [9.17, 15) is 27.7 Å². The van der Waals surface area contributed by atoms with E-state index in [1.807, 2.05) is 22.8 Å². The quantitative estimate of drug-likeness (QED) is 0.378. The van der Waals surface area contributed by atoms with Gasteiger partial charge in [0, 0.05) is 38.3 Å². The maximum atomic E-state index is 14.4. The highest BCUT2D eigenvalue weighted by atomic mass is 32.2. The lowest BCUT2D eigenvalue weighted by atomic mass is 10.0. The van der Waals surface area contributed by atoms with E-state index in [0.717, 1.165) is 11.8 Å². The minimum Gasteiger partial charge on any atom is -0.366 e. The van der Waals surface area contributed by atoms with E-state index in [1.54, 1.807) is 35.8 Å². The highest BCUT2D eigenvalue weighted by Crippen LogP contribution is 2.38. The predicted octanol–water partition coefficient (Wildman–Crippen LogP) is 2.90. The van der Waals surface area contributed by atoms with Gasteiger partial charge in [0.2, 0.25) is 0 Å². The first-order valence-electron chi connectivity index (χ1n) is 13.0. The maximum absolute atomic E-state index is 14.4. The molecule has 3 aliphatic rings. The van der Waals surface area contributed by atoms with Crippen LogP contribution in [0.25, 0.3) is 6.08 Å². The van der Waals surface area contributed by atoms with Crippen LogP contribution >= 0.6 is 24.0 Å². The summed E-state index contributed by atoms with van der Waals surface area (Å²) in [7, 11) is -3.22. The Labute approximate surface area is 241 Å². The van der Waals surface area contributed by atoms with Gasteiger partial charge in [0.1, 0.15) is 27.6 Å². The maximum Gasteiger partial charge on any atom is 0.270 e.